The van der Waals surface area contributed by atoms with Gasteiger partial charge < -0.3 is 33.6 Å². The lowest BCUT2D eigenvalue weighted by Crippen LogP contribution is -3.00. The molecule has 2 aromatic rings. The van der Waals surface area contributed by atoms with E-state index in [4.69, 9.17) is 4.74 Å². The first-order chi connectivity index (χ1) is 10.3. The van der Waals surface area contributed by atoms with Gasteiger partial charge in [0.25, 0.3) is 0 Å². The Bertz CT molecular complexity index is 669. The molecule has 1 aromatic carbocycles. The van der Waals surface area contributed by atoms with Crippen molar-refractivity contribution < 1.29 is 33.3 Å². The highest BCUT2D eigenvalue weighted by Gasteiger charge is 2.16. The molecular formula is C17H21IN2OS. The average Bonchev–Trinajstić information content (AvgIpc) is 2.55. The summed E-state index contributed by atoms with van der Waals surface area (Å²) in [5, 5.41) is 2.58. The zero-order valence-electron chi connectivity index (χ0n) is 13.0. The summed E-state index contributed by atoms with van der Waals surface area (Å²) in [6, 6.07) is 12.9. The van der Waals surface area contributed by atoms with Gasteiger partial charge in [0.1, 0.15) is 7.05 Å². The fourth-order valence-electron chi connectivity index (χ4n) is 2.69. The predicted octanol–water partition coefficient (Wildman–Crippen LogP) is -0.338. The van der Waals surface area contributed by atoms with Crippen LogP contribution in [0.2, 0.25) is 0 Å². The molecule has 0 aliphatic carbocycles. The smallest absolute Gasteiger partial charge is 0.212 e. The van der Waals surface area contributed by atoms with Gasteiger partial charge in [-0.3, -0.25) is 0 Å². The Balaban J connectivity index is 0.00000176. The number of aryl methyl sites for hydroxylation is 1. The first kappa shape index (κ1) is 17.6. The Morgan fingerprint density at radius 2 is 1.91 bits per heavy atom. The lowest BCUT2D eigenvalue weighted by Gasteiger charge is -2.29. The monoisotopic (exact) mass is 428 g/mol. The second kappa shape index (κ2) is 8.17. The standard InChI is InChI=1S/C17H21N2OS.HI/c1-18-15(8-7-14-5-3-4-6-16(14)18)13-17(21-2)19-9-11-20-12-10-19;/h3-8,13H,9-12H2,1-2H3;1H/q+1;/p-1. The van der Waals surface area contributed by atoms with E-state index in [9.17, 15) is 0 Å². The minimum absolute atomic E-state index is 0. The summed E-state index contributed by atoms with van der Waals surface area (Å²) >= 11 is 1.80. The normalized spacial score (nSPS) is 15.7. The number of thioether (sulfide) groups is 1. The van der Waals surface area contributed by atoms with Crippen LogP contribution in [0.25, 0.3) is 17.0 Å². The topological polar surface area (TPSA) is 16.4 Å². The molecule has 0 spiro atoms. The van der Waals surface area contributed by atoms with Crippen molar-refractivity contribution in [1.29, 1.82) is 0 Å². The van der Waals surface area contributed by atoms with Crippen LogP contribution in [-0.2, 0) is 11.8 Å². The van der Waals surface area contributed by atoms with E-state index in [0.717, 1.165) is 26.3 Å². The molecule has 118 valence electrons. The van der Waals surface area contributed by atoms with Gasteiger partial charge in [0.2, 0.25) is 11.2 Å². The van der Waals surface area contributed by atoms with Crippen molar-refractivity contribution in [3.63, 3.8) is 0 Å². The van der Waals surface area contributed by atoms with E-state index < -0.39 is 0 Å². The van der Waals surface area contributed by atoms with Crippen LogP contribution in [0.15, 0.2) is 41.4 Å². The maximum Gasteiger partial charge on any atom is 0.212 e. The van der Waals surface area contributed by atoms with Gasteiger partial charge in [0, 0.05) is 36.7 Å². The maximum atomic E-state index is 5.44. The minimum atomic E-state index is 0. The van der Waals surface area contributed by atoms with Crippen LogP contribution < -0.4 is 28.5 Å². The van der Waals surface area contributed by atoms with Crippen LogP contribution >= 0.6 is 11.8 Å². The van der Waals surface area contributed by atoms with Crippen molar-refractivity contribution in [2.24, 2.45) is 7.05 Å². The number of rotatable bonds is 3. The largest absolute Gasteiger partial charge is 1.00 e. The molecule has 1 aromatic heterocycles. The molecule has 1 aliphatic rings. The van der Waals surface area contributed by atoms with Crippen LogP contribution in [0.4, 0.5) is 0 Å². The Labute approximate surface area is 153 Å². The average molecular weight is 428 g/mol. The molecule has 0 bridgehead atoms. The molecule has 1 fully saturated rings. The lowest BCUT2D eigenvalue weighted by molar-refractivity contribution is -0.646. The molecule has 0 atom stereocenters. The van der Waals surface area contributed by atoms with E-state index in [1.807, 2.05) is 0 Å². The first-order valence-electron chi connectivity index (χ1n) is 7.26. The van der Waals surface area contributed by atoms with Crippen molar-refractivity contribution in [3.05, 3.63) is 47.1 Å². The quantitative estimate of drug-likeness (QED) is 0.492. The van der Waals surface area contributed by atoms with E-state index in [-0.39, 0.29) is 24.0 Å². The number of morpholine rings is 1. The van der Waals surface area contributed by atoms with Gasteiger partial charge >= 0.3 is 0 Å². The second-order valence-electron chi connectivity index (χ2n) is 5.16. The van der Waals surface area contributed by atoms with Gasteiger partial charge in [-0.15, -0.1) is 11.8 Å². The fourth-order valence-corrected chi connectivity index (χ4v) is 3.37. The number of para-hydroxylation sites is 1. The molecule has 2 heterocycles. The summed E-state index contributed by atoms with van der Waals surface area (Å²) in [6.07, 6.45) is 4.42. The van der Waals surface area contributed by atoms with Gasteiger partial charge in [-0.1, -0.05) is 12.1 Å². The third-order valence-electron chi connectivity index (χ3n) is 3.92. The van der Waals surface area contributed by atoms with Gasteiger partial charge in [0.05, 0.1) is 18.2 Å². The Morgan fingerprint density at radius 3 is 2.64 bits per heavy atom. The molecule has 3 rings (SSSR count). The van der Waals surface area contributed by atoms with Crippen LogP contribution in [0.3, 0.4) is 0 Å². The number of hydrogen-bond acceptors (Lipinski definition) is 3. The zero-order chi connectivity index (χ0) is 14.7. The third-order valence-corrected chi connectivity index (χ3v) is 4.72. The summed E-state index contributed by atoms with van der Waals surface area (Å²) in [7, 11) is 2.13. The zero-order valence-corrected chi connectivity index (χ0v) is 15.9. The van der Waals surface area contributed by atoms with Crippen molar-refractivity contribution in [1.82, 2.24) is 4.90 Å². The summed E-state index contributed by atoms with van der Waals surface area (Å²) in [4.78, 5) is 2.41. The number of pyridine rings is 1. The van der Waals surface area contributed by atoms with E-state index in [2.05, 4.69) is 65.2 Å². The molecule has 0 radical (unpaired) electrons. The van der Waals surface area contributed by atoms with Gasteiger partial charge in [0.15, 0.2) is 0 Å². The van der Waals surface area contributed by atoms with Gasteiger partial charge in [-0.25, -0.2) is 0 Å². The molecule has 5 heteroatoms. The second-order valence-corrected chi connectivity index (χ2v) is 5.99. The number of nitrogens with zero attached hydrogens (tertiary/aromatic N) is 2. The number of fused-ring (bicyclic) bond motifs is 1. The van der Waals surface area contributed by atoms with Gasteiger partial charge in [-0.05, 0) is 18.4 Å². The van der Waals surface area contributed by atoms with Crippen molar-refractivity contribution in [3.8, 4) is 0 Å². The molecule has 3 nitrogen and oxygen atoms in total. The molecule has 1 aliphatic heterocycles. The molecule has 22 heavy (non-hydrogen) atoms. The van der Waals surface area contributed by atoms with Crippen LogP contribution in [-0.4, -0.2) is 37.5 Å². The van der Waals surface area contributed by atoms with E-state index in [1.54, 1.807) is 11.8 Å². The molecule has 0 N–H and O–H groups in total. The summed E-state index contributed by atoms with van der Waals surface area (Å²) in [5.74, 6) is 0. The number of halogens is 1. The van der Waals surface area contributed by atoms with Crippen LogP contribution in [0, 0.1) is 0 Å². The first-order valence-corrected chi connectivity index (χ1v) is 8.48. The van der Waals surface area contributed by atoms with Crippen molar-refractivity contribution >= 4 is 28.7 Å². The number of ether oxygens (including phenoxy) is 1. The SMILES string of the molecule is CSC(=Cc1ccc2ccccc2[n+]1C)N1CCOCC1.[I-]. The Hall–Kier alpha value is -0.790. The van der Waals surface area contributed by atoms with Crippen molar-refractivity contribution in [2.75, 3.05) is 32.6 Å². The number of aromatic nitrogens is 1. The summed E-state index contributed by atoms with van der Waals surface area (Å²) in [5.41, 5.74) is 2.48. The highest BCUT2D eigenvalue weighted by Crippen LogP contribution is 2.21. The molecule has 0 unspecified atom stereocenters. The van der Waals surface area contributed by atoms with Crippen LogP contribution in [0.5, 0.6) is 0 Å². The number of hydrogen-bond donors (Lipinski definition) is 0. The highest BCUT2D eigenvalue weighted by atomic mass is 127. The maximum absolute atomic E-state index is 5.44. The highest BCUT2D eigenvalue weighted by molar-refractivity contribution is 8.02. The fraction of sp³-hybridized carbons (Fsp3) is 0.353. The molecule has 0 amide bonds. The molecular weight excluding hydrogens is 407 g/mol. The minimum Gasteiger partial charge on any atom is -1.00 e. The summed E-state index contributed by atoms with van der Waals surface area (Å²) < 4.78 is 7.70. The third kappa shape index (κ3) is 3.75. The van der Waals surface area contributed by atoms with Crippen molar-refractivity contribution in [2.45, 2.75) is 0 Å². The van der Waals surface area contributed by atoms with E-state index in [0.29, 0.717) is 0 Å². The summed E-state index contributed by atoms with van der Waals surface area (Å²) in [6.45, 7) is 3.59. The van der Waals surface area contributed by atoms with E-state index in [1.165, 1.54) is 21.6 Å². The predicted molar refractivity (Wildman–Crippen MR) is 89.0 cm³/mol. The van der Waals surface area contributed by atoms with E-state index >= 15 is 0 Å². The van der Waals surface area contributed by atoms with Crippen LogP contribution in [0.1, 0.15) is 5.69 Å². The Morgan fingerprint density at radius 1 is 1.18 bits per heavy atom. The molecule has 0 saturated carbocycles. The van der Waals surface area contributed by atoms with Gasteiger partial charge in [-0.2, -0.15) is 4.57 Å². The Kier molecular flexibility index (Phi) is 6.52. The lowest BCUT2D eigenvalue weighted by atomic mass is 10.2. The molecule has 1 saturated heterocycles. The number of benzene rings is 1.